The minimum absolute atomic E-state index is 0.169. The molecule has 0 radical (unpaired) electrons. The topological polar surface area (TPSA) is 65.4 Å². The third-order valence-corrected chi connectivity index (χ3v) is 7.05. The Kier molecular flexibility index (Phi) is 7.44. The van der Waals surface area contributed by atoms with Crippen LogP contribution in [0.4, 0.5) is 24.8 Å². The first-order chi connectivity index (χ1) is 17.3. The number of carbonyl (C=O) groups excluding carboxylic acids is 1. The third kappa shape index (κ3) is 6.56. The Morgan fingerprint density at radius 3 is 2.51 bits per heavy atom. The average Bonchev–Trinajstić information content (AvgIpc) is 3.12. The number of hydrogen-bond donors (Lipinski definition) is 1. The van der Waals surface area contributed by atoms with E-state index >= 15 is 0 Å². The van der Waals surface area contributed by atoms with Gasteiger partial charge in [-0.15, -0.1) is 13.2 Å². The molecule has 200 valence electrons. The number of rotatable bonds is 7. The van der Waals surface area contributed by atoms with Gasteiger partial charge in [0.15, 0.2) is 0 Å². The van der Waals surface area contributed by atoms with Crippen molar-refractivity contribution in [1.82, 2.24) is 9.55 Å². The van der Waals surface area contributed by atoms with E-state index in [0.29, 0.717) is 24.0 Å². The number of nitrogens with zero attached hydrogens (tertiary/aromatic N) is 2. The standard InChI is InChI=1S/C28H34F3N3O3/c1-17-12-21(16-27(3,4)15-17)34-24-13-18(2)19(6-11-25(35)36-5)14-23(24)33-26(34)32-20-7-9-22(10-8-20)37-28(29,30)31/h7-10,13-14,17,21H,6,11-12,15-16H2,1-5H3,(H,32,33)/t17-,21+/m0/s1. The Morgan fingerprint density at radius 1 is 1.19 bits per heavy atom. The van der Waals surface area contributed by atoms with E-state index in [1.54, 1.807) is 12.1 Å². The number of esters is 1. The van der Waals surface area contributed by atoms with Gasteiger partial charge in [0.05, 0.1) is 18.1 Å². The number of ether oxygens (including phenoxy) is 2. The molecular weight excluding hydrogens is 483 g/mol. The fourth-order valence-electron chi connectivity index (χ4n) is 5.72. The SMILES string of the molecule is COC(=O)CCc1cc2nc(Nc3ccc(OC(F)(F)F)cc3)n([C@@H]3C[C@H](C)CC(C)(C)C3)c2cc1C. The van der Waals surface area contributed by atoms with Crippen LogP contribution in [-0.2, 0) is 16.0 Å². The molecule has 2 atom stereocenters. The van der Waals surface area contributed by atoms with Crippen molar-refractivity contribution in [2.45, 2.75) is 72.2 Å². The van der Waals surface area contributed by atoms with Crippen LogP contribution < -0.4 is 10.1 Å². The summed E-state index contributed by atoms with van der Waals surface area (Å²) in [7, 11) is 1.38. The fraction of sp³-hybridized carbons (Fsp3) is 0.500. The second-order valence-corrected chi connectivity index (χ2v) is 10.9. The summed E-state index contributed by atoms with van der Waals surface area (Å²) in [6, 6.07) is 10.0. The highest BCUT2D eigenvalue weighted by molar-refractivity contribution is 5.82. The number of carbonyl (C=O) groups is 1. The van der Waals surface area contributed by atoms with E-state index in [1.807, 2.05) is 13.0 Å². The maximum absolute atomic E-state index is 12.6. The molecule has 1 N–H and O–H groups in total. The van der Waals surface area contributed by atoms with Gasteiger partial charge >= 0.3 is 12.3 Å². The van der Waals surface area contributed by atoms with Crippen molar-refractivity contribution < 1.29 is 27.4 Å². The zero-order valence-corrected chi connectivity index (χ0v) is 21.9. The highest BCUT2D eigenvalue weighted by atomic mass is 19.4. The molecule has 6 nitrogen and oxygen atoms in total. The summed E-state index contributed by atoms with van der Waals surface area (Å²) in [6.45, 7) is 8.88. The first-order valence-corrected chi connectivity index (χ1v) is 12.5. The molecule has 0 aliphatic heterocycles. The first kappa shape index (κ1) is 26.8. The van der Waals surface area contributed by atoms with E-state index in [0.717, 1.165) is 41.4 Å². The largest absolute Gasteiger partial charge is 0.573 e. The van der Waals surface area contributed by atoms with Gasteiger partial charge in [0.2, 0.25) is 5.95 Å². The van der Waals surface area contributed by atoms with Crippen LogP contribution in [0.25, 0.3) is 11.0 Å². The molecule has 1 aliphatic rings. The number of alkyl halides is 3. The van der Waals surface area contributed by atoms with Crippen molar-refractivity contribution in [1.29, 1.82) is 0 Å². The molecule has 0 bridgehead atoms. The van der Waals surface area contributed by atoms with Crippen molar-refractivity contribution in [3.8, 4) is 5.75 Å². The number of nitrogens with one attached hydrogen (secondary N) is 1. The van der Waals surface area contributed by atoms with Gasteiger partial charge in [0.25, 0.3) is 0 Å². The number of anilines is 2. The van der Waals surface area contributed by atoms with Gasteiger partial charge in [0, 0.05) is 18.2 Å². The Morgan fingerprint density at radius 2 is 1.89 bits per heavy atom. The van der Waals surface area contributed by atoms with Crippen LogP contribution in [0.15, 0.2) is 36.4 Å². The van der Waals surface area contributed by atoms with E-state index in [-0.39, 0.29) is 29.6 Å². The number of fused-ring (bicyclic) bond motifs is 1. The van der Waals surface area contributed by atoms with Gasteiger partial charge in [-0.05, 0) is 91.5 Å². The molecule has 1 fully saturated rings. The summed E-state index contributed by atoms with van der Waals surface area (Å²) in [5.74, 6) is 0.640. The summed E-state index contributed by atoms with van der Waals surface area (Å²) in [4.78, 5) is 16.6. The Balaban J connectivity index is 1.73. The van der Waals surface area contributed by atoms with Crippen molar-refractivity contribution in [3.05, 3.63) is 47.5 Å². The van der Waals surface area contributed by atoms with Crippen molar-refractivity contribution in [3.63, 3.8) is 0 Å². The molecule has 2 aromatic carbocycles. The summed E-state index contributed by atoms with van der Waals surface area (Å²) in [6.07, 6.45) is -0.759. The minimum atomic E-state index is -4.74. The van der Waals surface area contributed by atoms with E-state index in [4.69, 9.17) is 9.72 Å². The van der Waals surface area contributed by atoms with Crippen molar-refractivity contribution >= 4 is 28.6 Å². The van der Waals surface area contributed by atoms with E-state index in [9.17, 15) is 18.0 Å². The van der Waals surface area contributed by atoms with Gasteiger partial charge in [0.1, 0.15) is 5.75 Å². The molecule has 1 aliphatic carbocycles. The molecule has 0 unspecified atom stereocenters. The normalized spacial score (nSPS) is 19.6. The van der Waals surface area contributed by atoms with Crippen LogP contribution in [0, 0.1) is 18.3 Å². The van der Waals surface area contributed by atoms with E-state index in [2.05, 4.69) is 41.5 Å². The predicted molar refractivity (Wildman–Crippen MR) is 137 cm³/mol. The molecule has 1 saturated carbocycles. The molecule has 3 aromatic rings. The van der Waals surface area contributed by atoms with Crippen LogP contribution in [0.1, 0.15) is 63.6 Å². The van der Waals surface area contributed by atoms with Crippen LogP contribution in [0.2, 0.25) is 0 Å². The maximum Gasteiger partial charge on any atom is 0.573 e. The maximum atomic E-state index is 12.6. The van der Waals surface area contributed by atoms with Crippen LogP contribution in [0.3, 0.4) is 0 Å². The second kappa shape index (κ2) is 10.3. The molecule has 37 heavy (non-hydrogen) atoms. The number of imidazole rings is 1. The molecule has 0 saturated heterocycles. The fourth-order valence-corrected chi connectivity index (χ4v) is 5.72. The number of benzene rings is 2. The lowest BCUT2D eigenvalue weighted by Gasteiger charge is -2.40. The monoisotopic (exact) mass is 517 g/mol. The van der Waals surface area contributed by atoms with Crippen LogP contribution in [0.5, 0.6) is 5.75 Å². The number of halogens is 3. The van der Waals surface area contributed by atoms with Crippen LogP contribution in [-0.4, -0.2) is 29.0 Å². The lowest BCUT2D eigenvalue weighted by molar-refractivity contribution is -0.274. The smallest absolute Gasteiger partial charge is 0.469 e. The summed E-state index contributed by atoms with van der Waals surface area (Å²) in [5, 5.41) is 3.33. The molecule has 1 heterocycles. The van der Waals surface area contributed by atoms with Gasteiger partial charge < -0.3 is 19.4 Å². The first-order valence-electron chi connectivity index (χ1n) is 12.5. The van der Waals surface area contributed by atoms with Gasteiger partial charge in [-0.25, -0.2) is 4.98 Å². The number of aryl methyl sites for hydroxylation is 2. The van der Waals surface area contributed by atoms with Crippen LogP contribution >= 0.6 is 0 Å². The number of hydrogen-bond acceptors (Lipinski definition) is 5. The summed E-state index contributed by atoms with van der Waals surface area (Å²) >= 11 is 0. The quantitative estimate of drug-likeness (QED) is 0.329. The minimum Gasteiger partial charge on any atom is -0.469 e. The highest BCUT2D eigenvalue weighted by Crippen LogP contribution is 2.46. The summed E-state index contributed by atoms with van der Waals surface area (Å²) in [5.41, 5.74) is 4.68. The molecular formula is C28H34F3N3O3. The molecule has 0 amide bonds. The van der Waals surface area contributed by atoms with Gasteiger partial charge in [-0.2, -0.15) is 0 Å². The number of methoxy groups -OCH3 is 1. The molecule has 4 rings (SSSR count). The average molecular weight is 518 g/mol. The Hall–Kier alpha value is -3.23. The molecule has 9 heteroatoms. The second-order valence-electron chi connectivity index (χ2n) is 10.9. The molecule has 0 spiro atoms. The van der Waals surface area contributed by atoms with Crippen molar-refractivity contribution in [2.75, 3.05) is 12.4 Å². The van der Waals surface area contributed by atoms with E-state index < -0.39 is 6.36 Å². The molecule has 1 aromatic heterocycles. The lowest BCUT2D eigenvalue weighted by atomic mass is 9.70. The lowest BCUT2D eigenvalue weighted by Crippen LogP contribution is -2.29. The zero-order valence-electron chi connectivity index (χ0n) is 21.9. The van der Waals surface area contributed by atoms with E-state index in [1.165, 1.54) is 19.2 Å². The number of aromatic nitrogens is 2. The third-order valence-electron chi connectivity index (χ3n) is 7.05. The van der Waals surface area contributed by atoms with Crippen molar-refractivity contribution in [2.24, 2.45) is 11.3 Å². The van der Waals surface area contributed by atoms with Gasteiger partial charge in [-0.1, -0.05) is 20.8 Å². The highest BCUT2D eigenvalue weighted by Gasteiger charge is 2.35. The Labute approximate surface area is 215 Å². The Bertz CT molecular complexity index is 1270. The summed E-state index contributed by atoms with van der Waals surface area (Å²) < 4.78 is 48.7. The predicted octanol–water partition coefficient (Wildman–Crippen LogP) is 7.48. The zero-order chi connectivity index (χ0) is 27.0. The van der Waals surface area contributed by atoms with Gasteiger partial charge in [-0.3, -0.25) is 4.79 Å².